The van der Waals surface area contributed by atoms with Crippen molar-refractivity contribution in [3.63, 3.8) is 0 Å². The first kappa shape index (κ1) is 17.4. The highest BCUT2D eigenvalue weighted by molar-refractivity contribution is 7.99. The highest BCUT2D eigenvalue weighted by atomic mass is 32.2. The van der Waals surface area contributed by atoms with Gasteiger partial charge in [0.15, 0.2) is 6.79 Å². The fourth-order valence-corrected chi connectivity index (χ4v) is 2.91. The van der Waals surface area contributed by atoms with Crippen LogP contribution in [0, 0.1) is 0 Å². The Morgan fingerprint density at radius 2 is 1.78 bits per heavy atom. The van der Waals surface area contributed by atoms with E-state index in [4.69, 9.17) is 14.2 Å². The number of rotatable bonds is 7. The van der Waals surface area contributed by atoms with E-state index in [2.05, 4.69) is 31.2 Å². The van der Waals surface area contributed by atoms with Crippen LogP contribution in [0.25, 0.3) is 0 Å². The molecule has 0 saturated carbocycles. The van der Waals surface area contributed by atoms with Gasteiger partial charge in [0.05, 0.1) is 12.7 Å². The number of aryl methyl sites for hydroxylation is 1. The van der Waals surface area contributed by atoms with E-state index in [9.17, 15) is 4.79 Å². The number of ether oxygens (including phenoxy) is 3. The van der Waals surface area contributed by atoms with Gasteiger partial charge in [0, 0.05) is 16.9 Å². The van der Waals surface area contributed by atoms with Gasteiger partial charge in [0.1, 0.15) is 5.75 Å². The van der Waals surface area contributed by atoms with Gasteiger partial charge in [-0.25, -0.2) is 4.79 Å². The summed E-state index contributed by atoms with van der Waals surface area (Å²) < 4.78 is 15.2. The van der Waals surface area contributed by atoms with Gasteiger partial charge in [0.2, 0.25) is 0 Å². The summed E-state index contributed by atoms with van der Waals surface area (Å²) in [4.78, 5) is 13.8. The molecule has 4 nitrogen and oxygen atoms in total. The Bertz CT molecular complexity index is 653. The molecule has 5 heteroatoms. The fourth-order valence-electron chi connectivity index (χ4n) is 2.01. The summed E-state index contributed by atoms with van der Waals surface area (Å²) in [6, 6.07) is 13.7. The zero-order chi connectivity index (χ0) is 16.7. The molecule has 0 atom stereocenters. The second-order valence-corrected chi connectivity index (χ2v) is 5.98. The van der Waals surface area contributed by atoms with Crippen LogP contribution >= 0.6 is 11.8 Å². The standard InChI is InChI=1S/C18H20O4S/c1-4-13-5-7-16(8-6-13)23-17-10-14(18(19)21-3)9-15(11-17)22-12-20-2/h5-11H,4,12H2,1-3H3. The van der Waals surface area contributed by atoms with E-state index in [1.54, 1.807) is 31.0 Å². The summed E-state index contributed by atoms with van der Waals surface area (Å²) in [5, 5.41) is 0. The quantitative estimate of drug-likeness (QED) is 0.562. The van der Waals surface area contributed by atoms with Crippen LogP contribution in [-0.2, 0) is 15.9 Å². The number of esters is 1. The van der Waals surface area contributed by atoms with Crippen molar-refractivity contribution in [3.05, 3.63) is 53.6 Å². The van der Waals surface area contributed by atoms with Crippen LogP contribution in [0.3, 0.4) is 0 Å². The van der Waals surface area contributed by atoms with Crippen molar-refractivity contribution >= 4 is 17.7 Å². The molecular formula is C18H20O4S. The minimum Gasteiger partial charge on any atom is -0.468 e. The maximum atomic E-state index is 11.8. The van der Waals surface area contributed by atoms with Crippen molar-refractivity contribution < 1.29 is 19.0 Å². The zero-order valence-corrected chi connectivity index (χ0v) is 14.3. The van der Waals surface area contributed by atoms with Crippen LogP contribution in [0.4, 0.5) is 0 Å². The van der Waals surface area contributed by atoms with E-state index < -0.39 is 5.97 Å². The van der Waals surface area contributed by atoms with E-state index in [1.165, 1.54) is 12.7 Å². The second-order valence-electron chi connectivity index (χ2n) is 4.84. The van der Waals surface area contributed by atoms with Gasteiger partial charge >= 0.3 is 5.97 Å². The van der Waals surface area contributed by atoms with Gasteiger partial charge in [-0.15, -0.1) is 0 Å². The SMILES string of the molecule is CCc1ccc(Sc2cc(OCOC)cc(C(=O)OC)c2)cc1. The topological polar surface area (TPSA) is 44.8 Å². The first-order valence-corrected chi connectivity index (χ1v) is 8.10. The van der Waals surface area contributed by atoms with Gasteiger partial charge in [0.25, 0.3) is 0 Å². The molecule has 2 aromatic carbocycles. The smallest absolute Gasteiger partial charge is 0.338 e. The van der Waals surface area contributed by atoms with E-state index in [-0.39, 0.29) is 6.79 Å². The van der Waals surface area contributed by atoms with E-state index in [1.807, 2.05) is 6.07 Å². The number of carbonyl (C=O) groups excluding carboxylic acids is 1. The molecule has 0 aliphatic carbocycles. The molecule has 0 bridgehead atoms. The maximum absolute atomic E-state index is 11.8. The van der Waals surface area contributed by atoms with Crippen molar-refractivity contribution in [2.75, 3.05) is 21.0 Å². The Labute approximate surface area is 140 Å². The van der Waals surface area contributed by atoms with Crippen LogP contribution in [-0.4, -0.2) is 27.0 Å². The number of methoxy groups -OCH3 is 2. The fraction of sp³-hybridized carbons (Fsp3) is 0.278. The Morgan fingerprint density at radius 3 is 2.39 bits per heavy atom. The molecule has 122 valence electrons. The third kappa shape index (κ3) is 5.01. The van der Waals surface area contributed by atoms with Crippen LogP contribution < -0.4 is 4.74 Å². The molecule has 0 fully saturated rings. The lowest BCUT2D eigenvalue weighted by molar-refractivity contribution is 0.0502. The molecule has 0 unspecified atom stereocenters. The first-order valence-electron chi connectivity index (χ1n) is 7.28. The van der Waals surface area contributed by atoms with Gasteiger partial charge in [-0.1, -0.05) is 30.8 Å². The molecular weight excluding hydrogens is 312 g/mol. The van der Waals surface area contributed by atoms with Gasteiger partial charge in [-0.05, 0) is 42.3 Å². The lowest BCUT2D eigenvalue weighted by atomic mass is 10.2. The Kier molecular flexibility index (Phi) is 6.50. The number of hydrogen-bond donors (Lipinski definition) is 0. The van der Waals surface area contributed by atoms with Crippen LogP contribution in [0.15, 0.2) is 52.3 Å². The van der Waals surface area contributed by atoms with E-state index >= 15 is 0 Å². The molecule has 0 aliphatic heterocycles. The maximum Gasteiger partial charge on any atom is 0.338 e. The summed E-state index contributed by atoms with van der Waals surface area (Å²) >= 11 is 1.57. The van der Waals surface area contributed by atoms with Crippen LogP contribution in [0.5, 0.6) is 5.75 Å². The molecule has 23 heavy (non-hydrogen) atoms. The van der Waals surface area contributed by atoms with Crippen LogP contribution in [0.2, 0.25) is 0 Å². The lowest BCUT2D eigenvalue weighted by Gasteiger charge is -2.10. The molecule has 0 heterocycles. The zero-order valence-electron chi connectivity index (χ0n) is 13.5. The van der Waals surface area contributed by atoms with Crippen LogP contribution in [0.1, 0.15) is 22.8 Å². The lowest BCUT2D eigenvalue weighted by Crippen LogP contribution is -2.04. The average molecular weight is 332 g/mol. The highest BCUT2D eigenvalue weighted by Crippen LogP contribution is 2.32. The summed E-state index contributed by atoms with van der Waals surface area (Å²) in [5.74, 6) is 0.179. The summed E-state index contributed by atoms with van der Waals surface area (Å²) in [7, 11) is 2.91. The predicted molar refractivity (Wildman–Crippen MR) is 90.2 cm³/mol. The Balaban J connectivity index is 2.25. The predicted octanol–water partition coefficient (Wildman–Crippen LogP) is 4.17. The van der Waals surface area contributed by atoms with Crippen molar-refractivity contribution in [1.82, 2.24) is 0 Å². The average Bonchev–Trinajstić information content (AvgIpc) is 2.59. The Morgan fingerprint density at radius 1 is 1.04 bits per heavy atom. The molecule has 0 amide bonds. The Hall–Kier alpha value is -1.98. The number of hydrogen-bond acceptors (Lipinski definition) is 5. The monoisotopic (exact) mass is 332 g/mol. The summed E-state index contributed by atoms with van der Waals surface area (Å²) in [5.41, 5.74) is 1.75. The van der Waals surface area contributed by atoms with E-state index in [0.29, 0.717) is 11.3 Å². The van der Waals surface area contributed by atoms with Crippen molar-refractivity contribution in [1.29, 1.82) is 0 Å². The van der Waals surface area contributed by atoms with Crippen molar-refractivity contribution in [2.45, 2.75) is 23.1 Å². The summed E-state index contributed by atoms with van der Waals surface area (Å²) in [6.45, 7) is 2.25. The number of carbonyl (C=O) groups is 1. The van der Waals surface area contributed by atoms with E-state index in [0.717, 1.165) is 16.2 Å². The highest BCUT2D eigenvalue weighted by Gasteiger charge is 2.11. The van der Waals surface area contributed by atoms with Crippen molar-refractivity contribution in [2.24, 2.45) is 0 Å². The first-order chi connectivity index (χ1) is 11.2. The largest absolute Gasteiger partial charge is 0.468 e. The van der Waals surface area contributed by atoms with Gasteiger partial charge in [-0.3, -0.25) is 0 Å². The molecule has 0 N–H and O–H groups in total. The van der Waals surface area contributed by atoms with Crippen molar-refractivity contribution in [3.8, 4) is 5.75 Å². The third-order valence-corrected chi connectivity index (χ3v) is 4.19. The second kappa shape index (κ2) is 8.60. The minimum absolute atomic E-state index is 0.125. The van der Waals surface area contributed by atoms with Gasteiger partial charge < -0.3 is 14.2 Å². The minimum atomic E-state index is -0.393. The molecule has 0 saturated heterocycles. The summed E-state index contributed by atoms with van der Waals surface area (Å²) in [6.07, 6.45) is 1.01. The number of benzene rings is 2. The molecule has 0 aromatic heterocycles. The molecule has 0 aliphatic rings. The third-order valence-electron chi connectivity index (χ3n) is 3.21. The normalized spacial score (nSPS) is 10.4. The molecule has 0 radical (unpaired) electrons. The molecule has 2 rings (SSSR count). The van der Waals surface area contributed by atoms with Gasteiger partial charge in [-0.2, -0.15) is 0 Å². The molecule has 2 aromatic rings. The molecule has 0 spiro atoms.